The summed E-state index contributed by atoms with van der Waals surface area (Å²) in [5, 5.41) is 6.24. The number of cyclic esters (lactones) is 1. The van der Waals surface area contributed by atoms with E-state index in [9.17, 15) is 24.0 Å². The van der Waals surface area contributed by atoms with Crippen LogP contribution in [0.3, 0.4) is 0 Å². The summed E-state index contributed by atoms with van der Waals surface area (Å²) in [5.41, 5.74) is 1.50. The summed E-state index contributed by atoms with van der Waals surface area (Å²) in [4.78, 5) is 78.2. The van der Waals surface area contributed by atoms with Crippen molar-refractivity contribution < 1.29 is 28.7 Å². The van der Waals surface area contributed by atoms with E-state index in [1.54, 1.807) is 31.4 Å². The molecule has 6 rings (SSSR count). The minimum Gasteiger partial charge on any atom is -0.457 e. The fourth-order valence-corrected chi connectivity index (χ4v) is 6.14. The van der Waals surface area contributed by atoms with Crippen molar-refractivity contribution in [2.45, 2.75) is 71.4 Å². The van der Waals surface area contributed by atoms with Gasteiger partial charge in [0.25, 0.3) is 5.56 Å². The molecule has 3 atom stereocenters. The molecule has 0 spiro atoms. The number of amides is 2. The summed E-state index contributed by atoms with van der Waals surface area (Å²) in [6.07, 6.45) is 3.06. The van der Waals surface area contributed by atoms with Gasteiger partial charge in [0.2, 0.25) is 17.4 Å². The number of carbonyl (C=O) groups excluding carboxylic acids is 4. The summed E-state index contributed by atoms with van der Waals surface area (Å²) in [5.74, 6) is -3.22. The molecule has 0 aliphatic carbocycles. The van der Waals surface area contributed by atoms with Crippen molar-refractivity contribution in [3.05, 3.63) is 81.7 Å². The number of aromatic nitrogens is 4. The molecule has 0 saturated heterocycles. The van der Waals surface area contributed by atoms with Crippen LogP contribution >= 0.6 is 0 Å². The van der Waals surface area contributed by atoms with E-state index in [0.717, 1.165) is 16.5 Å². The molecule has 0 fully saturated rings. The number of benzene rings is 1. The molecule has 46 heavy (non-hydrogen) atoms. The van der Waals surface area contributed by atoms with Gasteiger partial charge in [-0.2, -0.15) is 0 Å². The lowest BCUT2D eigenvalue weighted by Crippen LogP contribution is -2.56. The van der Waals surface area contributed by atoms with Crippen LogP contribution < -0.4 is 16.2 Å². The van der Waals surface area contributed by atoms with Crippen LogP contribution in [-0.4, -0.2) is 55.4 Å². The normalized spacial score (nSPS) is 17.8. The van der Waals surface area contributed by atoms with Crippen LogP contribution in [0, 0.1) is 5.92 Å². The van der Waals surface area contributed by atoms with E-state index in [4.69, 9.17) is 14.5 Å². The Labute approximate surface area is 263 Å². The lowest BCUT2D eigenvalue weighted by atomic mass is 9.85. The van der Waals surface area contributed by atoms with Crippen LogP contribution in [0.5, 0.6) is 0 Å². The number of imidazole rings is 1. The predicted molar refractivity (Wildman–Crippen MR) is 165 cm³/mol. The highest BCUT2D eigenvalue weighted by Crippen LogP contribution is 2.41. The van der Waals surface area contributed by atoms with Gasteiger partial charge in [0, 0.05) is 41.7 Å². The van der Waals surface area contributed by atoms with Crippen LogP contribution in [0.2, 0.25) is 0 Å². The average molecular weight is 627 g/mol. The monoisotopic (exact) mass is 626 g/mol. The van der Waals surface area contributed by atoms with Crippen molar-refractivity contribution in [1.29, 1.82) is 0 Å². The first-order valence-electron chi connectivity index (χ1n) is 15.1. The molecule has 0 saturated carbocycles. The van der Waals surface area contributed by atoms with Crippen LogP contribution in [0.15, 0.2) is 53.7 Å². The van der Waals surface area contributed by atoms with Crippen molar-refractivity contribution in [2.75, 3.05) is 0 Å². The highest BCUT2D eigenvalue weighted by Gasteiger charge is 2.51. The Kier molecular flexibility index (Phi) is 7.92. The second kappa shape index (κ2) is 11.9. The van der Waals surface area contributed by atoms with Gasteiger partial charge < -0.3 is 29.7 Å². The number of nitrogens with one attached hydrogen (secondary N) is 3. The molecule has 0 radical (unpaired) electrons. The fraction of sp³-hybridized carbons (Fsp3) is 0.364. The van der Waals surface area contributed by atoms with E-state index in [1.807, 2.05) is 30.3 Å². The molecule has 5 heterocycles. The molecule has 4 aromatic rings. The van der Waals surface area contributed by atoms with E-state index in [2.05, 4.69) is 20.6 Å². The third kappa shape index (κ3) is 5.31. The highest BCUT2D eigenvalue weighted by molar-refractivity contribution is 5.93. The van der Waals surface area contributed by atoms with E-state index >= 15 is 0 Å². The molecule has 2 unspecified atom stereocenters. The molecule has 1 aromatic carbocycles. The molecule has 2 aliphatic heterocycles. The van der Waals surface area contributed by atoms with Gasteiger partial charge in [-0.25, -0.2) is 19.6 Å². The van der Waals surface area contributed by atoms with Gasteiger partial charge in [-0.15, -0.1) is 0 Å². The number of nitrogens with zero attached hydrogens (tertiary/aromatic N) is 3. The maximum absolute atomic E-state index is 13.9. The van der Waals surface area contributed by atoms with Crippen molar-refractivity contribution in [1.82, 2.24) is 30.2 Å². The van der Waals surface area contributed by atoms with Gasteiger partial charge in [-0.3, -0.25) is 14.4 Å². The SMILES string of the molecule is CC[C@@]1(OC(=O)C(NC(=O)C(Cc2cnc[nH]2)NC(C)=O)C(C)C)C(=O)OCc2c1cc1n(c2=O)Cc2cc3ccccc3nc2-1. The van der Waals surface area contributed by atoms with Gasteiger partial charge in [-0.1, -0.05) is 39.0 Å². The molecule has 238 valence electrons. The van der Waals surface area contributed by atoms with Crippen LogP contribution in [0.25, 0.3) is 22.3 Å². The third-order valence-electron chi connectivity index (χ3n) is 8.55. The van der Waals surface area contributed by atoms with E-state index in [0.29, 0.717) is 23.6 Å². The number of ether oxygens (including phenoxy) is 2. The van der Waals surface area contributed by atoms with Gasteiger partial charge in [0.1, 0.15) is 18.7 Å². The minimum absolute atomic E-state index is 0.0292. The molecule has 3 N–H and O–H groups in total. The summed E-state index contributed by atoms with van der Waals surface area (Å²) in [7, 11) is 0. The number of aromatic amines is 1. The predicted octanol–water partition coefficient (Wildman–Crippen LogP) is 2.24. The first-order chi connectivity index (χ1) is 22.0. The minimum atomic E-state index is -1.94. The number of para-hydroxylation sites is 1. The summed E-state index contributed by atoms with van der Waals surface area (Å²) < 4.78 is 13.1. The zero-order chi connectivity index (χ0) is 32.7. The first kappa shape index (κ1) is 30.7. The molecule has 13 nitrogen and oxygen atoms in total. The van der Waals surface area contributed by atoms with Crippen LogP contribution in [0.1, 0.15) is 56.5 Å². The molecule has 2 aliphatic rings. The Hall–Kier alpha value is -5.33. The Morgan fingerprint density at radius 2 is 1.93 bits per heavy atom. The topological polar surface area (TPSA) is 174 Å². The van der Waals surface area contributed by atoms with Crippen molar-refractivity contribution in [2.24, 2.45) is 5.92 Å². The highest BCUT2D eigenvalue weighted by atomic mass is 16.6. The summed E-state index contributed by atoms with van der Waals surface area (Å²) >= 11 is 0. The number of pyridine rings is 2. The molecule has 3 aromatic heterocycles. The Bertz CT molecular complexity index is 1930. The quantitative estimate of drug-likeness (QED) is 0.207. The van der Waals surface area contributed by atoms with Gasteiger partial charge in [0.05, 0.1) is 35.3 Å². The average Bonchev–Trinajstić information content (AvgIpc) is 3.67. The number of esters is 2. The maximum atomic E-state index is 13.9. The van der Waals surface area contributed by atoms with E-state index in [-0.39, 0.29) is 36.1 Å². The number of H-pyrrole nitrogens is 1. The lowest BCUT2D eigenvalue weighted by molar-refractivity contribution is -0.191. The number of rotatable bonds is 9. The Morgan fingerprint density at radius 3 is 2.63 bits per heavy atom. The second-order valence-electron chi connectivity index (χ2n) is 11.9. The van der Waals surface area contributed by atoms with Crippen molar-refractivity contribution in [3.8, 4) is 11.4 Å². The molecular weight excluding hydrogens is 592 g/mol. The zero-order valence-electron chi connectivity index (χ0n) is 25.9. The van der Waals surface area contributed by atoms with Gasteiger partial charge in [-0.05, 0) is 30.5 Å². The smallest absolute Gasteiger partial charge is 0.355 e. The van der Waals surface area contributed by atoms with Crippen LogP contribution in [0.4, 0.5) is 0 Å². The second-order valence-corrected chi connectivity index (χ2v) is 11.9. The molecule has 13 heteroatoms. The maximum Gasteiger partial charge on any atom is 0.355 e. The molecular formula is C33H34N6O7. The number of carbonyl (C=O) groups is 4. The zero-order valence-corrected chi connectivity index (χ0v) is 25.9. The lowest BCUT2D eigenvalue weighted by Gasteiger charge is -2.37. The largest absolute Gasteiger partial charge is 0.457 e. The van der Waals surface area contributed by atoms with Gasteiger partial charge >= 0.3 is 11.9 Å². The summed E-state index contributed by atoms with van der Waals surface area (Å²) in [6, 6.07) is 9.12. The molecule has 0 bridgehead atoms. The standard InChI is InChI=1S/C33H34N6O7/c1-5-33(46-31(43)27(17(2)3)38-29(41)25(36-18(4)40)11-21-13-34-16-35-21)23-12-26-28-20(10-19-8-6-7-9-24(19)37-28)14-39(26)30(42)22(23)15-45-32(33)44/h6-10,12-13,16-17,25,27H,5,11,14-15H2,1-4H3,(H,34,35)(H,36,40)(H,38,41)/t25?,27?,33-/m0/s1. The number of fused-ring (bicyclic) bond motifs is 5. The summed E-state index contributed by atoms with van der Waals surface area (Å²) in [6.45, 7) is 6.41. The van der Waals surface area contributed by atoms with Crippen molar-refractivity contribution in [3.63, 3.8) is 0 Å². The van der Waals surface area contributed by atoms with E-state index in [1.165, 1.54) is 19.4 Å². The van der Waals surface area contributed by atoms with Gasteiger partial charge in [0.15, 0.2) is 0 Å². The number of hydrogen-bond donors (Lipinski definition) is 3. The van der Waals surface area contributed by atoms with Crippen molar-refractivity contribution >= 4 is 34.7 Å². The molecule has 2 amide bonds. The Balaban J connectivity index is 1.34. The van der Waals surface area contributed by atoms with Crippen LogP contribution in [-0.2, 0) is 53.8 Å². The fourth-order valence-electron chi connectivity index (χ4n) is 6.14. The first-order valence-corrected chi connectivity index (χ1v) is 15.1. The Morgan fingerprint density at radius 1 is 1.15 bits per heavy atom. The third-order valence-corrected chi connectivity index (χ3v) is 8.55. The number of hydrogen-bond acceptors (Lipinski definition) is 9. The van der Waals surface area contributed by atoms with E-state index < -0.39 is 47.4 Å².